The standard InChI is InChI=1S/C22H28N2O6/c1-13-8-7-9-17(14(13)2)30-15(3)22(26)24-23-20(25)12-16-10-18(27-4)21(29-6)19(11-16)28-5/h7-11,15H,12H2,1-6H3,(H,23,25)(H,24,26)/t15-/m1/s1. The Morgan fingerprint density at radius 1 is 0.933 bits per heavy atom. The second-order valence-electron chi connectivity index (χ2n) is 6.71. The van der Waals surface area contributed by atoms with Crippen LogP contribution in [0.5, 0.6) is 23.0 Å². The van der Waals surface area contributed by atoms with E-state index in [4.69, 9.17) is 18.9 Å². The van der Waals surface area contributed by atoms with Gasteiger partial charge in [-0.2, -0.15) is 0 Å². The van der Waals surface area contributed by atoms with E-state index >= 15 is 0 Å². The van der Waals surface area contributed by atoms with E-state index in [-0.39, 0.29) is 6.42 Å². The van der Waals surface area contributed by atoms with Crippen LogP contribution in [0.2, 0.25) is 0 Å². The summed E-state index contributed by atoms with van der Waals surface area (Å²) in [5.74, 6) is 1.08. The lowest BCUT2D eigenvalue weighted by Crippen LogP contribution is -2.47. The van der Waals surface area contributed by atoms with Gasteiger partial charge in [-0.25, -0.2) is 0 Å². The average molecular weight is 416 g/mol. The van der Waals surface area contributed by atoms with Gasteiger partial charge in [-0.15, -0.1) is 0 Å². The summed E-state index contributed by atoms with van der Waals surface area (Å²) in [6, 6.07) is 8.98. The maximum atomic E-state index is 12.3. The van der Waals surface area contributed by atoms with Crippen LogP contribution in [0, 0.1) is 13.8 Å². The maximum absolute atomic E-state index is 12.3. The molecule has 0 saturated carbocycles. The maximum Gasteiger partial charge on any atom is 0.279 e. The Labute approximate surface area is 176 Å². The molecule has 2 amide bonds. The van der Waals surface area contributed by atoms with E-state index in [0.29, 0.717) is 28.6 Å². The lowest BCUT2D eigenvalue weighted by molar-refractivity contribution is -0.132. The van der Waals surface area contributed by atoms with Gasteiger partial charge in [0.25, 0.3) is 5.91 Å². The third kappa shape index (κ3) is 5.56. The van der Waals surface area contributed by atoms with Crippen LogP contribution in [-0.4, -0.2) is 39.2 Å². The zero-order valence-corrected chi connectivity index (χ0v) is 18.1. The zero-order chi connectivity index (χ0) is 22.3. The lowest BCUT2D eigenvalue weighted by Gasteiger charge is -2.17. The first kappa shape index (κ1) is 22.9. The molecule has 2 N–H and O–H groups in total. The second kappa shape index (κ2) is 10.4. The van der Waals surface area contributed by atoms with E-state index < -0.39 is 17.9 Å². The molecule has 8 nitrogen and oxygen atoms in total. The number of hydrazine groups is 1. The monoisotopic (exact) mass is 416 g/mol. The summed E-state index contributed by atoms with van der Waals surface area (Å²) >= 11 is 0. The van der Waals surface area contributed by atoms with E-state index in [1.807, 2.05) is 26.0 Å². The number of aryl methyl sites for hydroxylation is 1. The van der Waals surface area contributed by atoms with Crippen LogP contribution < -0.4 is 29.8 Å². The van der Waals surface area contributed by atoms with Crippen LogP contribution in [0.15, 0.2) is 30.3 Å². The molecule has 2 rings (SSSR count). The number of ether oxygens (including phenoxy) is 4. The van der Waals surface area contributed by atoms with Crippen LogP contribution in [0.4, 0.5) is 0 Å². The van der Waals surface area contributed by atoms with Gasteiger partial charge in [0.2, 0.25) is 11.7 Å². The number of hydrogen-bond acceptors (Lipinski definition) is 6. The van der Waals surface area contributed by atoms with Crippen LogP contribution in [0.25, 0.3) is 0 Å². The van der Waals surface area contributed by atoms with Crippen molar-refractivity contribution >= 4 is 11.8 Å². The van der Waals surface area contributed by atoms with Crippen LogP contribution in [0.1, 0.15) is 23.6 Å². The van der Waals surface area contributed by atoms with Crippen molar-refractivity contribution in [2.24, 2.45) is 0 Å². The van der Waals surface area contributed by atoms with Crippen molar-refractivity contribution in [3.8, 4) is 23.0 Å². The average Bonchev–Trinajstić information content (AvgIpc) is 2.74. The highest BCUT2D eigenvalue weighted by molar-refractivity contribution is 5.85. The minimum atomic E-state index is -0.785. The molecule has 0 spiro atoms. The fourth-order valence-corrected chi connectivity index (χ4v) is 2.80. The van der Waals surface area contributed by atoms with E-state index in [1.165, 1.54) is 21.3 Å². The number of amides is 2. The SMILES string of the molecule is COc1cc(CC(=O)NNC(=O)[C@@H](C)Oc2cccc(C)c2C)cc(OC)c1OC. The van der Waals surface area contributed by atoms with E-state index in [1.54, 1.807) is 25.1 Å². The minimum absolute atomic E-state index is 0.00319. The molecule has 0 aliphatic carbocycles. The van der Waals surface area contributed by atoms with Gasteiger partial charge < -0.3 is 18.9 Å². The van der Waals surface area contributed by atoms with Gasteiger partial charge in [0.15, 0.2) is 17.6 Å². The van der Waals surface area contributed by atoms with Crippen LogP contribution >= 0.6 is 0 Å². The van der Waals surface area contributed by atoms with Crippen molar-refractivity contribution < 1.29 is 28.5 Å². The van der Waals surface area contributed by atoms with Crippen molar-refractivity contribution in [2.75, 3.05) is 21.3 Å². The molecule has 0 aromatic heterocycles. The molecule has 30 heavy (non-hydrogen) atoms. The second-order valence-corrected chi connectivity index (χ2v) is 6.71. The summed E-state index contributed by atoms with van der Waals surface area (Å²) in [5, 5.41) is 0. The number of hydrogen-bond donors (Lipinski definition) is 2. The van der Waals surface area contributed by atoms with Crippen LogP contribution in [0.3, 0.4) is 0 Å². The molecule has 2 aromatic carbocycles. The number of rotatable bonds is 8. The summed E-state index contributed by atoms with van der Waals surface area (Å²) in [5.41, 5.74) is 7.45. The quantitative estimate of drug-likeness (QED) is 0.642. The summed E-state index contributed by atoms with van der Waals surface area (Å²) in [6.07, 6.45) is -0.782. The van der Waals surface area contributed by atoms with Gasteiger partial charge >= 0.3 is 0 Å². The third-order valence-corrected chi connectivity index (χ3v) is 4.64. The molecule has 0 saturated heterocycles. The third-order valence-electron chi connectivity index (χ3n) is 4.64. The number of benzene rings is 2. The van der Waals surface area contributed by atoms with Gasteiger partial charge in [0, 0.05) is 0 Å². The van der Waals surface area contributed by atoms with Gasteiger partial charge in [-0.3, -0.25) is 20.4 Å². The highest BCUT2D eigenvalue weighted by Crippen LogP contribution is 2.38. The van der Waals surface area contributed by atoms with Gasteiger partial charge in [0.1, 0.15) is 5.75 Å². The number of carbonyl (C=O) groups excluding carboxylic acids is 2. The molecule has 1 atom stereocenters. The molecule has 8 heteroatoms. The molecule has 0 radical (unpaired) electrons. The summed E-state index contributed by atoms with van der Waals surface area (Å²) in [4.78, 5) is 24.5. The number of methoxy groups -OCH3 is 3. The Kier molecular flexibility index (Phi) is 7.91. The van der Waals surface area contributed by atoms with E-state index in [9.17, 15) is 9.59 Å². The Morgan fingerprint density at radius 2 is 1.57 bits per heavy atom. The van der Waals surface area contributed by atoms with Crippen molar-refractivity contribution in [3.63, 3.8) is 0 Å². The number of carbonyl (C=O) groups is 2. The normalized spacial score (nSPS) is 11.3. The smallest absolute Gasteiger partial charge is 0.279 e. The summed E-state index contributed by atoms with van der Waals surface area (Å²) < 4.78 is 21.5. The highest BCUT2D eigenvalue weighted by Gasteiger charge is 2.18. The van der Waals surface area contributed by atoms with Crippen molar-refractivity contribution in [1.29, 1.82) is 0 Å². The Morgan fingerprint density at radius 3 is 2.13 bits per heavy atom. The molecule has 0 heterocycles. The highest BCUT2D eigenvalue weighted by atomic mass is 16.5. The molecule has 0 bridgehead atoms. The lowest BCUT2D eigenvalue weighted by atomic mass is 10.1. The number of nitrogens with one attached hydrogen (secondary N) is 2. The molecule has 0 aliphatic rings. The van der Waals surface area contributed by atoms with Crippen molar-refractivity contribution in [2.45, 2.75) is 33.3 Å². The molecular weight excluding hydrogens is 388 g/mol. The van der Waals surface area contributed by atoms with Gasteiger partial charge in [-0.05, 0) is 55.7 Å². The Balaban J connectivity index is 1.95. The Hall–Kier alpha value is -3.42. The zero-order valence-electron chi connectivity index (χ0n) is 18.1. The fraction of sp³-hybridized carbons (Fsp3) is 0.364. The molecular formula is C22H28N2O6. The van der Waals surface area contributed by atoms with Crippen molar-refractivity contribution in [3.05, 3.63) is 47.0 Å². The van der Waals surface area contributed by atoms with Crippen molar-refractivity contribution in [1.82, 2.24) is 10.9 Å². The van der Waals surface area contributed by atoms with Gasteiger partial charge in [0.05, 0.1) is 27.8 Å². The predicted octanol–water partition coefficient (Wildman–Crippen LogP) is 2.49. The van der Waals surface area contributed by atoms with Gasteiger partial charge in [-0.1, -0.05) is 12.1 Å². The van der Waals surface area contributed by atoms with Crippen LogP contribution in [-0.2, 0) is 16.0 Å². The molecule has 0 aliphatic heterocycles. The first-order valence-corrected chi connectivity index (χ1v) is 9.41. The largest absolute Gasteiger partial charge is 0.493 e. The first-order valence-electron chi connectivity index (χ1n) is 9.41. The Bertz CT molecular complexity index is 887. The van der Waals surface area contributed by atoms with E-state index in [2.05, 4.69) is 10.9 Å². The first-order chi connectivity index (χ1) is 14.3. The summed E-state index contributed by atoms with van der Waals surface area (Å²) in [7, 11) is 4.50. The molecule has 2 aromatic rings. The molecule has 0 fully saturated rings. The molecule has 0 unspecified atom stereocenters. The predicted molar refractivity (Wildman–Crippen MR) is 112 cm³/mol. The molecule has 162 valence electrons. The van der Waals surface area contributed by atoms with E-state index in [0.717, 1.165) is 11.1 Å². The fourth-order valence-electron chi connectivity index (χ4n) is 2.80. The minimum Gasteiger partial charge on any atom is -0.493 e. The topological polar surface area (TPSA) is 95.1 Å². The summed E-state index contributed by atoms with van der Waals surface area (Å²) in [6.45, 7) is 5.51.